The van der Waals surface area contributed by atoms with E-state index in [1.807, 2.05) is 23.1 Å². The van der Waals surface area contributed by atoms with Crippen LogP contribution in [0.1, 0.15) is 18.4 Å². The van der Waals surface area contributed by atoms with Gasteiger partial charge < -0.3 is 4.90 Å². The summed E-state index contributed by atoms with van der Waals surface area (Å²) in [6, 6.07) is 14.6. The van der Waals surface area contributed by atoms with Crippen LogP contribution in [0.25, 0.3) is 0 Å². The van der Waals surface area contributed by atoms with Crippen LogP contribution in [-0.4, -0.2) is 68.4 Å². The number of non-ortho nitro benzene ring substituents is 1. The first-order valence-electron chi connectivity index (χ1n) is 10.7. The van der Waals surface area contributed by atoms with Gasteiger partial charge >= 0.3 is 0 Å². The van der Waals surface area contributed by atoms with E-state index in [1.54, 1.807) is 6.07 Å². The Hall–Kier alpha value is -2.49. The summed E-state index contributed by atoms with van der Waals surface area (Å²) in [4.78, 5) is 15.2. The van der Waals surface area contributed by atoms with Crippen molar-refractivity contribution in [3.8, 4) is 0 Å². The molecule has 2 aliphatic rings. The molecule has 2 aliphatic heterocycles. The first-order valence-corrected chi connectivity index (χ1v) is 12.2. The third kappa shape index (κ3) is 4.89. The normalized spacial score (nSPS) is 18.4. The number of nitro benzene ring substituents is 1. The molecule has 2 aromatic carbocycles. The van der Waals surface area contributed by atoms with E-state index in [2.05, 4.69) is 17.0 Å². The molecule has 2 saturated heterocycles. The second-order valence-corrected chi connectivity index (χ2v) is 9.99. The third-order valence-corrected chi connectivity index (χ3v) is 8.04. The van der Waals surface area contributed by atoms with Gasteiger partial charge in [0.1, 0.15) is 4.90 Å². The largest absolute Gasteiger partial charge is 0.368 e. The first-order chi connectivity index (χ1) is 14.9. The number of sulfonamides is 1. The molecule has 8 nitrogen and oxygen atoms in total. The van der Waals surface area contributed by atoms with E-state index in [4.69, 9.17) is 0 Å². The molecule has 2 heterocycles. The average molecular weight is 445 g/mol. The van der Waals surface area contributed by atoms with Crippen molar-refractivity contribution in [1.29, 1.82) is 0 Å². The lowest BCUT2D eigenvalue weighted by Gasteiger charge is -2.37. The summed E-state index contributed by atoms with van der Waals surface area (Å²) < 4.78 is 28.0. The maximum Gasteiger partial charge on any atom is 0.270 e. The van der Waals surface area contributed by atoms with Crippen molar-refractivity contribution in [3.05, 3.63) is 64.2 Å². The summed E-state index contributed by atoms with van der Waals surface area (Å²) >= 11 is 0. The summed E-state index contributed by atoms with van der Waals surface area (Å²) in [5.74, 6) is 0. The monoisotopic (exact) mass is 444 g/mol. The van der Waals surface area contributed by atoms with Gasteiger partial charge in [0.2, 0.25) is 10.0 Å². The minimum Gasteiger partial charge on any atom is -0.368 e. The van der Waals surface area contributed by atoms with Gasteiger partial charge in [0.05, 0.1) is 10.6 Å². The Morgan fingerprint density at radius 1 is 0.903 bits per heavy atom. The maximum atomic E-state index is 13.3. The Labute approximate surface area is 183 Å². The van der Waals surface area contributed by atoms with E-state index in [0.29, 0.717) is 31.9 Å². The van der Waals surface area contributed by atoms with Crippen molar-refractivity contribution in [2.24, 2.45) is 0 Å². The van der Waals surface area contributed by atoms with Crippen molar-refractivity contribution in [2.45, 2.75) is 24.2 Å². The highest BCUT2D eigenvalue weighted by molar-refractivity contribution is 7.89. The van der Waals surface area contributed by atoms with Crippen LogP contribution >= 0.6 is 0 Å². The van der Waals surface area contributed by atoms with E-state index in [0.717, 1.165) is 38.9 Å². The van der Waals surface area contributed by atoms with Crippen LogP contribution in [0, 0.1) is 10.1 Å². The lowest BCUT2D eigenvalue weighted by Crippen LogP contribution is -2.47. The summed E-state index contributed by atoms with van der Waals surface area (Å²) in [7, 11) is -3.76. The zero-order valence-electron chi connectivity index (χ0n) is 17.5. The molecule has 0 bridgehead atoms. The van der Waals surface area contributed by atoms with Crippen LogP contribution in [0.3, 0.4) is 0 Å². The van der Waals surface area contributed by atoms with Crippen LogP contribution < -0.4 is 4.90 Å². The molecule has 0 amide bonds. The van der Waals surface area contributed by atoms with Crippen molar-refractivity contribution in [3.63, 3.8) is 0 Å². The van der Waals surface area contributed by atoms with Gasteiger partial charge in [-0.3, -0.25) is 15.0 Å². The molecule has 0 N–H and O–H groups in total. The van der Waals surface area contributed by atoms with Gasteiger partial charge in [0, 0.05) is 57.9 Å². The molecule has 166 valence electrons. The van der Waals surface area contributed by atoms with Gasteiger partial charge in [-0.15, -0.1) is 0 Å². The molecule has 0 saturated carbocycles. The predicted octanol–water partition coefficient (Wildman–Crippen LogP) is 2.74. The molecule has 4 rings (SSSR count). The number of piperazine rings is 1. The number of anilines is 1. The molecule has 0 radical (unpaired) electrons. The van der Waals surface area contributed by atoms with Crippen molar-refractivity contribution in [1.82, 2.24) is 9.21 Å². The van der Waals surface area contributed by atoms with E-state index in [-0.39, 0.29) is 10.6 Å². The Bertz CT molecular complexity index is 1020. The Morgan fingerprint density at radius 2 is 1.58 bits per heavy atom. The van der Waals surface area contributed by atoms with Gasteiger partial charge in [0.25, 0.3) is 5.69 Å². The molecular formula is C22H28N4O4S. The Kier molecular flexibility index (Phi) is 6.54. The lowest BCUT2D eigenvalue weighted by molar-refractivity contribution is -0.385. The zero-order chi connectivity index (χ0) is 21.8. The van der Waals surface area contributed by atoms with Crippen molar-refractivity contribution < 1.29 is 13.3 Å². The molecule has 0 aliphatic carbocycles. The fraction of sp³-hybridized carbons (Fsp3) is 0.455. The molecule has 9 heteroatoms. The lowest BCUT2D eigenvalue weighted by atomic mass is 10.1. The van der Waals surface area contributed by atoms with Gasteiger partial charge in [-0.25, -0.2) is 8.42 Å². The summed E-state index contributed by atoms with van der Waals surface area (Å²) in [6.07, 6.45) is 2.63. The van der Waals surface area contributed by atoms with Gasteiger partial charge in [-0.2, -0.15) is 4.31 Å². The predicted molar refractivity (Wildman–Crippen MR) is 120 cm³/mol. The standard InChI is InChI=1S/C22H28N4O4S/c27-26(28)20-8-9-21(22(18-20)31(29,30)25-11-4-5-12-25)24-16-14-23(15-17-24)13-10-19-6-2-1-3-7-19/h1-3,6-9,18H,4-5,10-17H2. The Morgan fingerprint density at radius 3 is 2.23 bits per heavy atom. The van der Waals surface area contributed by atoms with Crippen LogP contribution in [0.4, 0.5) is 11.4 Å². The second kappa shape index (κ2) is 9.33. The summed E-state index contributed by atoms with van der Waals surface area (Å²) in [5, 5.41) is 11.3. The summed E-state index contributed by atoms with van der Waals surface area (Å²) in [5.41, 5.74) is 1.68. The molecular weight excluding hydrogens is 416 g/mol. The van der Waals surface area contributed by atoms with Gasteiger partial charge in [-0.05, 0) is 30.9 Å². The molecule has 0 atom stereocenters. The highest BCUT2D eigenvalue weighted by atomic mass is 32.2. The van der Waals surface area contributed by atoms with Crippen LogP contribution in [0.15, 0.2) is 53.4 Å². The fourth-order valence-corrected chi connectivity index (χ4v) is 6.04. The Balaban J connectivity index is 1.49. The van der Waals surface area contributed by atoms with E-state index in [1.165, 1.54) is 22.0 Å². The van der Waals surface area contributed by atoms with Gasteiger partial charge in [-0.1, -0.05) is 30.3 Å². The van der Waals surface area contributed by atoms with E-state index < -0.39 is 14.9 Å². The molecule has 0 unspecified atom stereocenters. The van der Waals surface area contributed by atoms with Gasteiger partial charge in [0.15, 0.2) is 0 Å². The number of benzene rings is 2. The summed E-state index contributed by atoms with van der Waals surface area (Å²) in [6.45, 7) is 4.93. The highest BCUT2D eigenvalue weighted by Gasteiger charge is 2.33. The molecule has 2 aromatic rings. The first kappa shape index (κ1) is 21.7. The SMILES string of the molecule is O=[N+]([O-])c1ccc(N2CCN(CCc3ccccc3)CC2)c(S(=O)(=O)N2CCCC2)c1. The van der Waals surface area contributed by atoms with Crippen LogP contribution in [0.2, 0.25) is 0 Å². The van der Waals surface area contributed by atoms with E-state index in [9.17, 15) is 18.5 Å². The number of rotatable bonds is 7. The fourth-order valence-electron chi connectivity index (χ4n) is 4.30. The zero-order valence-corrected chi connectivity index (χ0v) is 18.3. The number of hydrogen-bond acceptors (Lipinski definition) is 6. The average Bonchev–Trinajstić information content (AvgIpc) is 3.34. The number of nitro groups is 1. The second-order valence-electron chi connectivity index (χ2n) is 8.08. The number of hydrogen-bond donors (Lipinski definition) is 0. The van der Waals surface area contributed by atoms with Crippen molar-refractivity contribution >= 4 is 21.4 Å². The molecule has 0 spiro atoms. The van der Waals surface area contributed by atoms with E-state index >= 15 is 0 Å². The third-order valence-electron chi connectivity index (χ3n) is 6.11. The highest BCUT2D eigenvalue weighted by Crippen LogP contribution is 2.33. The minimum atomic E-state index is -3.76. The minimum absolute atomic E-state index is 0.0568. The quantitative estimate of drug-likeness (QED) is 0.482. The van der Waals surface area contributed by atoms with Crippen molar-refractivity contribution in [2.75, 3.05) is 50.7 Å². The topological polar surface area (TPSA) is 87.0 Å². The number of nitrogens with zero attached hydrogens (tertiary/aromatic N) is 4. The maximum absolute atomic E-state index is 13.3. The molecule has 31 heavy (non-hydrogen) atoms. The van der Waals surface area contributed by atoms with Crippen LogP contribution in [0.5, 0.6) is 0 Å². The smallest absolute Gasteiger partial charge is 0.270 e. The van der Waals surface area contributed by atoms with Crippen LogP contribution in [-0.2, 0) is 16.4 Å². The molecule has 2 fully saturated rings. The molecule has 0 aromatic heterocycles.